The van der Waals surface area contributed by atoms with E-state index in [1.54, 1.807) is 18.3 Å². The summed E-state index contributed by atoms with van der Waals surface area (Å²) in [6.07, 6.45) is 3.84. The summed E-state index contributed by atoms with van der Waals surface area (Å²) in [5, 5.41) is 14.1. The topological polar surface area (TPSA) is 69.0 Å². The highest BCUT2D eigenvalue weighted by Gasteiger charge is 2.23. The first-order chi connectivity index (χ1) is 11.3. The maximum Gasteiger partial charge on any atom is 0.261 e. The SMILES string of the molecule is N#Cc1cccnc1N1CCCC(CNC(=O)c2cccs2)C1. The molecule has 0 spiro atoms. The van der Waals surface area contributed by atoms with Gasteiger partial charge in [-0.1, -0.05) is 6.07 Å². The molecular weight excluding hydrogens is 308 g/mol. The van der Waals surface area contributed by atoms with Gasteiger partial charge in [-0.15, -0.1) is 11.3 Å². The number of nitrogens with one attached hydrogen (secondary N) is 1. The lowest BCUT2D eigenvalue weighted by atomic mass is 9.97. The van der Waals surface area contributed by atoms with Crippen molar-refractivity contribution in [1.29, 1.82) is 5.26 Å². The van der Waals surface area contributed by atoms with Crippen molar-refractivity contribution in [2.75, 3.05) is 24.5 Å². The summed E-state index contributed by atoms with van der Waals surface area (Å²) < 4.78 is 0. The fraction of sp³-hybridized carbons (Fsp3) is 0.353. The summed E-state index contributed by atoms with van der Waals surface area (Å²) >= 11 is 1.45. The Morgan fingerprint density at radius 2 is 2.39 bits per heavy atom. The molecule has 1 N–H and O–H groups in total. The number of aromatic nitrogens is 1. The molecule has 0 saturated carbocycles. The number of hydrogen-bond donors (Lipinski definition) is 1. The number of anilines is 1. The molecule has 1 aliphatic heterocycles. The molecule has 2 aromatic heterocycles. The van der Waals surface area contributed by atoms with E-state index in [-0.39, 0.29) is 5.91 Å². The van der Waals surface area contributed by atoms with Gasteiger partial charge in [-0.05, 0) is 42.3 Å². The van der Waals surface area contributed by atoms with E-state index in [4.69, 9.17) is 0 Å². The zero-order valence-electron chi connectivity index (χ0n) is 12.7. The first kappa shape index (κ1) is 15.5. The molecule has 5 nitrogen and oxygen atoms in total. The number of carbonyl (C=O) groups is 1. The predicted octanol–water partition coefficient (Wildman–Crippen LogP) is 2.66. The van der Waals surface area contributed by atoms with E-state index in [0.29, 0.717) is 18.0 Å². The van der Waals surface area contributed by atoms with Gasteiger partial charge in [0.2, 0.25) is 0 Å². The summed E-state index contributed by atoms with van der Waals surface area (Å²) in [5.74, 6) is 1.12. The van der Waals surface area contributed by atoms with Gasteiger partial charge >= 0.3 is 0 Å². The molecule has 1 aliphatic rings. The van der Waals surface area contributed by atoms with Gasteiger partial charge in [0, 0.05) is 25.8 Å². The van der Waals surface area contributed by atoms with Crippen molar-refractivity contribution in [3.05, 3.63) is 46.3 Å². The predicted molar refractivity (Wildman–Crippen MR) is 90.5 cm³/mol. The number of thiophene rings is 1. The molecule has 0 aromatic carbocycles. The Labute approximate surface area is 139 Å². The molecule has 6 heteroatoms. The molecule has 3 heterocycles. The van der Waals surface area contributed by atoms with Crippen molar-refractivity contribution in [2.45, 2.75) is 12.8 Å². The molecule has 1 fully saturated rings. The van der Waals surface area contributed by atoms with Crippen LogP contribution in [0.5, 0.6) is 0 Å². The second kappa shape index (κ2) is 7.25. The average molecular weight is 326 g/mol. The number of amides is 1. The van der Waals surface area contributed by atoms with Gasteiger partial charge in [-0.2, -0.15) is 5.26 Å². The molecule has 0 bridgehead atoms. The zero-order valence-corrected chi connectivity index (χ0v) is 13.6. The second-order valence-corrected chi connectivity index (χ2v) is 6.58. The molecular formula is C17H18N4OS. The first-order valence-corrected chi connectivity index (χ1v) is 8.57. The fourth-order valence-electron chi connectivity index (χ4n) is 2.89. The monoisotopic (exact) mass is 326 g/mol. The second-order valence-electron chi connectivity index (χ2n) is 5.63. The van der Waals surface area contributed by atoms with E-state index < -0.39 is 0 Å². The van der Waals surface area contributed by atoms with E-state index in [1.165, 1.54) is 11.3 Å². The van der Waals surface area contributed by atoms with Crippen molar-refractivity contribution in [2.24, 2.45) is 5.92 Å². The van der Waals surface area contributed by atoms with E-state index in [1.807, 2.05) is 17.5 Å². The Hall–Kier alpha value is -2.39. The van der Waals surface area contributed by atoms with Gasteiger partial charge in [0.05, 0.1) is 10.4 Å². The van der Waals surface area contributed by atoms with Crippen LogP contribution < -0.4 is 10.2 Å². The van der Waals surface area contributed by atoms with E-state index in [9.17, 15) is 10.1 Å². The van der Waals surface area contributed by atoms with E-state index in [2.05, 4.69) is 21.3 Å². The summed E-state index contributed by atoms with van der Waals surface area (Å²) in [6, 6.07) is 9.50. The number of hydrogen-bond acceptors (Lipinski definition) is 5. The van der Waals surface area contributed by atoms with Gasteiger partial charge in [0.15, 0.2) is 0 Å². The van der Waals surface area contributed by atoms with Gasteiger partial charge < -0.3 is 10.2 Å². The van der Waals surface area contributed by atoms with Gasteiger partial charge in [0.1, 0.15) is 11.9 Å². The number of nitrogens with zero attached hydrogens (tertiary/aromatic N) is 3. The van der Waals surface area contributed by atoms with Crippen LogP contribution in [0.25, 0.3) is 0 Å². The molecule has 23 heavy (non-hydrogen) atoms. The third-order valence-electron chi connectivity index (χ3n) is 4.02. The Bertz CT molecular complexity index is 708. The zero-order chi connectivity index (χ0) is 16.1. The number of piperidine rings is 1. The normalized spacial score (nSPS) is 17.5. The number of pyridine rings is 1. The quantitative estimate of drug-likeness (QED) is 0.938. The first-order valence-electron chi connectivity index (χ1n) is 7.69. The Morgan fingerprint density at radius 1 is 1.48 bits per heavy atom. The van der Waals surface area contributed by atoms with Crippen molar-refractivity contribution >= 4 is 23.1 Å². The highest BCUT2D eigenvalue weighted by molar-refractivity contribution is 7.12. The Morgan fingerprint density at radius 3 is 3.17 bits per heavy atom. The minimum Gasteiger partial charge on any atom is -0.355 e. The van der Waals surface area contributed by atoms with Crippen LogP contribution in [0.15, 0.2) is 35.8 Å². The third-order valence-corrected chi connectivity index (χ3v) is 4.89. The van der Waals surface area contributed by atoms with Crippen molar-refractivity contribution in [3.8, 4) is 6.07 Å². The number of carbonyl (C=O) groups excluding carboxylic acids is 1. The van der Waals surface area contributed by atoms with Crippen LogP contribution in [0.3, 0.4) is 0 Å². The number of rotatable bonds is 4. The standard InChI is InChI=1S/C17H18N4OS/c18-10-14-5-1-7-19-16(14)21-8-2-4-13(12-21)11-20-17(22)15-6-3-9-23-15/h1,3,5-7,9,13H,2,4,8,11-12H2,(H,20,22). The lowest BCUT2D eigenvalue weighted by Crippen LogP contribution is -2.41. The van der Waals surface area contributed by atoms with Crippen LogP contribution >= 0.6 is 11.3 Å². The molecule has 1 unspecified atom stereocenters. The lowest BCUT2D eigenvalue weighted by molar-refractivity contribution is 0.0949. The Balaban J connectivity index is 1.60. The largest absolute Gasteiger partial charge is 0.355 e. The van der Waals surface area contributed by atoms with Crippen molar-refractivity contribution < 1.29 is 4.79 Å². The third kappa shape index (κ3) is 3.69. The summed E-state index contributed by atoms with van der Waals surface area (Å²) in [7, 11) is 0. The lowest BCUT2D eigenvalue weighted by Gasteiger charge is -2.34. The minimum atomic E-state index is -0.00678. The van der Waals surface area contributed by atoms with Crippen LogP contribution in [0.1, 0.15) is 28.1 Å². The molecule has 1 atom stereocenters. The van der Waals surface area contributed by atoms with Crippen LogP contribution in [0.2, 0.25) is 0 Å². The summed E-state index contributed by atoms with van der Waals surface area (Å²) in [4.78, 5) is 19.3. The highest BCUT2D eigenvalue weighted by atomic mass is 32.1. The Kier molecular flexibility index (Phi) is 4.89. The molecule has 1 saturated heterocycles. The van der Waals surface area contributed by atoms with Crippen molar-refractivity contribution in [1.82, 2.24) is 10.3 Å². The van der Waals surface area contributed by atoms with Gasteiger partial charge in [-0.25, -0.2) is 4.98 Å². The van der Waals surface area contributed by atoms with Gasteiger partial charge in [-0.3, -0.25) is 4.79 Å². The molecule has 1 amide bonds. The van der Waals surface area contributed by atoms with Gasteiger partial charge in [0.25, 0.3) is 5.91 Å². The highest BCUT2D eigenvalue weighted by Crippen LogP contribution is 2.23. The van der Waals surface area contributed by atoms with Crippen LogP contribution in [0, 0.1) is 17.2 Å². The molecule has 118 valence electrons. The van der Waals surface area contributed by atoms with Crippen LogP contribution in [-0.2, 0) is 0 Å². The maximum atomic E-state index is 12.0. The fourth-order valence-corrected chi connectivity index (χ4v) is 3.53. The molecule has 3 rings (SSSR count). The van der Waals surface area contributed by atoms with Crippen molar-refractivity contribution in [3.63, 3.8) is 0 Å². The number of nitriles is 1. The summed E-state index contributed by atoms with van der Waals surface area (Å²) in [6.45, 7) is 2.37. The molecule has 2 aromatic rings. The van der Waals surface area contributed by atoms with E-state index in [0.717, 1.165) is 36.6 Å². The van der Waals surface area contributed by atoms with Crippen LogP contribution in [0.4, 0.5) is 5.82 Å². The summed E-state index contributed by atoms with van der Waals surface area (Å²) in [5.41, 5.74) is 0.607. The maximum absolute atomic E-state index is 12.0. The average Bonchev–Trinajstić information content (AvgIpc) is 3.14. The smallest absolute Gasteiger partial charge is 0.261 e. The van der Waals surface area contributed by atoms with Crippen LogP contribution in [-0.4, -0.2) is 30.5 Å². The molecule has 0 radical (unpaired) electrons. The molecule has 0 aliphatic carbocycles. The minimum absolute atomic E-state index is 0.00678. The van der Waals surface area contributed by atoms with E-state index >= 15 is 0 Å².